The third kappa shape index (κ3) is 3.55. The summed E-state index contributed by atoms with van der Waals surface area (Å²) >= 11 is 0. The molecule has 1 fully saturated rings. The third-order valence-corrected chi connectivity index (χ3v) is 4.14. The second kappa shape index (κ2) is 7.23. The standard InChI is InChI=1S/C10H14N2.C9H8O/c1-12-7-3-5-10(12)9-4-2-6-11-8-9;1-2-6-9-8(4-1)5-3-7-10-9/h2,4,6,8,10H,3,5,7H2,1H3;1-6H,7H2. The predicted octanol–water partition coefficient (Wildman–Crippen LogP) is 3.94. The molecule has 22 heavy (non-hydrogen) atoms. The third-order valence-electron chi connectivity index (χ3n) is 4.14. The van der Waals surface area contributed by atoms with Crippen molar-refractivity contribution < 1.29 is 4.74 Å². The van der Waals surface area contributed by atoms with Crippen molar-refractivity contribution in [2.75, 3.05) is 20.2 Å². The highest BCUT2D eigenvalue weighted by Crippen LogP contribution is 2.29. The summed E-state index contributed by atoms with van der Waals surface area (Å²) in [6, 6.07) is 12.8. The minimum Gasteiger partial charge on any atom is -0.489 e. The number of pyridine rings is 1. The van der Waals surface area contributed by atoms with Crippen molar-refractivity contribution in [2.45, 2.75) is 18.9 Å². The molecule has 1 aromatic heterocycles. The average Bonchev–Trinajstić information content (AvgIpc) is 3.02. The number of para-hydroxylation sites is 1. The predicted molar refractivity (Wildman–Crippen MR) is 89.8 cm³/mol. The fourth-order valence-corrected chi connectivity index (χ4v) is 2.97. The summed E-state index contributed by atoms with van der Waals surface area (Å²) in [5, 5.41) is 0. The molecular weight excluding hydrogens is 272 g/mol. The molecule has 114 valence electrons. The Kier molecular flexibility index (Phi) is 4.86. The molecule has 3 nitrogen and oxygen atoms in total. The maximum atomic E-state index is 5.34. The monoisotopic (exact) mass is 294 g/mol. The van der Waals surface area contributed by atoms with Crippen molar-refractivity contribution in [3.05, 3.63) is 66.0 Å². The number of aromatic nitrogens is 1. The normalized spacial score (nSPS) is 19.8. The topological polar surface area (TPSA) is 25.4 Å². The fourth-order valence-electron chi connectivity index (χ4n) is 2.97. The summed E-state index contributed by atoms with van der Waals surface area (Å²) in [6.07, 6.45) is 10.5. The second-order valence-corrected chi connectivity index (χ2v) is 5.68. The zero-order valence-corrected chi connectivity index (χ0v) is 13.0. The van der Waals surface area contributed by atoms with E-state index in [0.29, 0.717) is 12.6 Å². The maximum absolute atomic E-state index is 5.34. The van der Waals surface area contributed by atoms with Crippen molar-refractivity contribution in [3.63, 3.8) is 0 Å². The molecule has 2 aliphatic rings. The van der Waals surface area contributed by atoms with E-state index in [9.17, 15) is 0 Å². The molecule has 0 N–H and O–H groups in total. The SMILES string of the molecule is C1=Cc2ccccc2OC1.CN1CCCC1c1cccnc1. The average molecular weight is 294 g/mol. The van der Waals surface area contributed by atoms with Crippen LogP contribution in [-0.4, -0.2) is 30.1 Å². The van der Waals surface area contributed by atoms with E-state index in [-0.39, 0.29) is 0 Å². The fraction of sp³-hybridized carbons (Fsp3) is 0.316. The summed E-state index contributed by atoms with van der Waals surface area (Å²) in [7, 11) is 2.19. The Balaban J connectivity index is 0.000000133. The molecule has 0 spiro atoms. The molecule has 0 amide bonds. The molecule has 1 unspecified atom stereocenters. The lowest BCUT2D eigenvalue weighted by Crippen LogP contribution is -2.17. The highest BCUT2D eigenvalue weighted by Gasteiger charge is 2.21. The number of fused-ring (bicyclic) bond motifs is 1. The van der Waals surface area contributed by atoms with E-state index in [4.69, 9.17) is 4.74 Å². The van der Waals surface area contributed by atoms with Crippen molar-refractivity contribution in [2.24, 2.45) is 0 Å². The van der Waals surface area contributed by atoms with Gasteiger partial charge in [0.05, 0.1) is 0 Å². The van der Waals surface area contributed by atoms with Crippen molar-refractivity contribution in [1.82, 2.24) is 9.88 Å². The lowest BCUT2D eigenvalue weighted by Gasteiger charge is -2.18. The first kappa shape index (κ1) is 14.8. The van der Waals surface area contributed by atoms with E-state index in [1.54, 1.807) is 0 Å². The number of rotatable bonds is 1. The number of nitrogens with zero attached hydrogens (tertiary/aromatic N) is 2. The van der Waals surface area contributed by atoms with Gasteiger partial charge in [-0.25, -0.2) is 0 Å². The Morgan fingerprint density at radius 1 is 1.18 bits per heavy atom. The van der Waals surface area contributed by atoms with Crippen LogP contribution in [-0.2, 0) is 0 Å². The van der Waals surface area contributed by atoms with Gasteiger partial charge in [-0.2, -0.15) is 0 Å². The van der Waals surface area contributed by atoms with E-state index >= 15 is 0 Å². The zero-order chi connectivity index (χ0) is 15.2. The highest BCUT2D eigenvalue weighted by atomic mass is 16.5. The van der Waals surface area contributed by atoms with Crippen LogP contribution in [0.2, 0.25) is 0 Å². The Hall–Kier alpha value is -2.13. The molecule has 2 aliphatic heterocycles. The Bertz CT molecular complexity index is 624. The van der Waals surface area contributed by atoms with Gasteiger partial charge in [0.1, 0.15) is 12.4 Å². The molecule has 3 heterocycles. The van der Waals surface area contributed by atoms with E-state index in [1.807, 2.05) is 48.8 Å². The first-order valence-electron chi connectivity index (χ1n) is 7.83. The molecule has 1 saturated heterocycles. The molecule has 4 rings (SSSR count). The molecule has 1 atom stereocenters. The molecule has 0 radical (unpaired) electrons. The molecule has 0 saturated carbocycles. The minimum atomic E-state index is 0.610. The summed E-state index contributed by atoms with van der Waals surface area (Å²) < 4.78 is 5.34. The summed E-state index contributed by atoms with van der Waals surface area (Å²) in [4.78, 5) is 6.54. The number of benzene rings is 1. The van der Waals surface area contributed by atoms with Gasteiger partial charge in [0.15, 0.2) is 0 Å². The van der Waals surface area contributed by atoms with E-state index < -0.39 is 0 Å². The van der Waals surface area contributed by atoms with Crippen LogP contribution in [0.3, 0.4) is 0 Å². The van der Waals surface area contributed by atoms with Crippen LogP contribution in [0.15, 0.2) is 54.9 Å². The molecule has 0 bridgehead atoms. The lowest BCUT2D eigenvalue weighted by molar-refractivity contribution is 0.317. The molecule has 1 aromatic carbocycles. The van der Waals surface area contributed by atoms with Crippen LogP contribution in [0.25, 0.3) is 6.08 Å². The van der Waals surface area contributed by atoms with Crippen molar-refractivity contribution in [1.29, 1.82) is 0 Å². The summed E-state index contributed by atoms with van der Waals surface area (Å²) in [5.41, 5.74) is 2.53. The van der Waals surface area contributed by atoms with Gasteiger partial charge in [0.25, 0.3) is 0 Å². The second-order valence-electron chi connectivity index (χ2n) is 5.68. The van der Waals surface area contributed by atoms with E-state index in [1.165, 1.54) is 30.5 Å². The van der Waals surface area contributed by atoms with Crippen LogP contribution in [0.5, 0.6) is 5.75 Å². The lowest BCUT2D eigenvalue weighted by atomic mass is 10.1. The van der Waals surface area contributed by atoms with Gasteiger partial charge >= 0.3 is 0 Å². The molecule has 0 aliphatic carbocycles. The van der Waals surface area contributed by atoms with Gasteiger partial charge < -0.3 is 4.74 Å². The Labute approximate surface area is 132 Å². The number of likely N-dealkylation sites (tertiary alicyclic amines) is 1. The van der Waals surface area contributed by atoms with Gasteiger partial charge in [-0.05, 0) is 50.2 Å². The Morgan fingerprint density at radius 2 is 2.09 bits per heavy atom. The van der Waals surface area contributed by atoms with Crippen LogP contribution < -0.4 is 4.74 Å². The van der Waals surface area contributed by atoms with Gasteiger partial charge in [0, 0.05) is 24.0 Å². The van der Waals surface area contributed by atoms with Crippen molar-refractivity contribution >= 4 is 6.08 Å². The van der Waals surface area contributed by atoms with Crippen LogP contribution in [0, 0.1) is 0 Å². The highest BCUT2D eigenvalue weighted by molar-refractivity contribution is 5.58. The summed E-state index contributed by atoms with van der Waals surface area (Å²) in [5.74, 6) is 0.991. The zero-order valence-electron chi connectivity index (χ0n) is 13.0. The van der Waals surface area contributed by atoms with E-state index in [2.05, 4.69) is 29.1 Å². The van der Waals surface area contributed by atoms with Crippen LogP contribution >= 0.6 is 0 Å². The van der Waals surface area contributed by atoms with Crippen molar-refractivity contribution in [3.8, 4) is 5.75 Å². The van der Waals surface area contributed by atoms with Gasteiger partial charge in [-0.3, -0.25) is 9.88 Å². The van der Waals surface area contributed by atoms with Gasteiger partial charge in [-0.15, -0.1) is 0 Å². The number of hydrogen-bond donors (Lipinski definition) is 0. The molecule has 2 aromatic rings. The molecular formula is C19H22N2O. The van der Waals surface area contributed by atoms with Crippen LogP contribution in [0.1, 0.15) is 30.0 Å². The first-order chi connectivity index (χ1) is 10.8. The number of hydrogen-bond acceptors (Lipinski definition) is 3. The number of ether oxygens (including phenoxy) is 1. The van der Waals surface area contributed by atoms with Gasteiger partial charge in [0.2, 0.25) is 0 Å². The van der Waals surface area contributed by atoms with Gasteiger partial charge in [-0.1, -0.05) is 30.3 Å². The summed E-state index contributed by atoms with van der Waals surface area (Å²) in [6.45, 7) is 1.93. The Morgan fingerprint density at radius 3 is 2.82 bits per heavy atom. The minimum absolute atomic E-state index is 0.610. The smallest absolute Gasteiger partial charge is 0.126 e. The maximum Gasteiger partial charge on any atom is 0.126 e. The first-order valence-corrected chi connectivity index (χ1v) is 7.83. The molecule has 3 heteroatoms. The van der Waals surface area contributed by atoms with Crippen LogP contribution in [0.4, 0.5) is 0 Å². The van der Waals surface area contributed by atoms with E-state index in [0.717, 1.165) is 5.75 Å². The quantitative estimate of drug-likeness (QED) is 0.796. The largest absolute Gasteiger partial charge is 0.489 e.